The van der Waals surface area contributed by atoms with Crippen molar-refractivity contribution in [3.63, 3.8) is 0 Å². The molecule has 1 amide bonds. The highest BCUT2D eigenvalue weighted by Gasteiger charge is 2.41. The van der Waals surface area contributed by atoms with Gasteiger partial charge in [0.25, 0.3) is 0 Å². The maximum Gasteiger partial charge on any atom is 0.416 e. The highest BCUT2D eigenvalue weighted by atomic mass is 19.4. The first-order chi connectivity index (χ1) is 14.3. The van der Waals surface area contributed by atoms with E-state index in [4.69, 9.17) is 5.73 Å². The molecule has 0 spiro atoms. The van der Waals surface area contributed by atoms with E-state index in [9.17, 15) is 18.0 Å². The number of carbonyl (C=O) groups is 1. The van der Waals surface area contributed by atoms with Gasteiger partial charge in [-0.1, -0.05) is 36.8 Å². The molecular formula is C23H28F3N3O. The second-order valence-electron chi connectivity index (χ2n) is 7.81. The normalized spacial score (nSPS) is 22.1. The molecular weight excluding hydrogens is 391 g/mol. The van der Waals surface area contributed by atoms with Crippen molar-refractivity contribution in [3.05, 3.63) is 65.2 Å². The largest absolute Gasteiger partial charge is 0.416 e. The highest BCUT2D eigenvalue weighted by Crippen LogP contribution is 2.53. The monoisotopic (exact) mass is 419 g/mol. The predicted octanol–water partition coefficient (Wildman–Crippen LogP) is 4.84. The van der Waals surface area contributed by atoms with Crippen LogP contribution in [0.15, 0.2) is 48.5 Å². The van der Waals surface area contributed by atoms with Gasteiger partial charge in [-0.25, -0.2) is 0 Å². The Labute approximate surface area is 175 Å². The summed E-state index contributed by atoms with van der Waals surface area (Å²) in [4.78, 5) is 10.0. The summed E-state index contributed by atoms with van der Waals surface area (Å²) in [7, 11) is 0. The molecule has 0 radical (unpaired) electrons. The quantitative estimate of drug-likeness (QED) is 0.667. The van der Waals surface area contributed by atoms with E-state index in [1.165, 1.54) is 24.6 Å². The molecule has 1 fully saturated rings. The molecule has 1 heterocycles. The molecule has 4 N–H and O–H groups in total. The van der Waals surface area contributed by atoms with Crippen LogP contribution >= 0.6 is 0 Å². The summed E-state index contributed by atoms with van der Waals surface area (Å²) in [5.41, 5.74) is 7.44. The molecule has 2 aromatic rings. The van der Waals surface area contributed by atoms with Gasteiger partial charge in [0.05, 0.1) is 11.6 Å². The third-order valence-corrected chi connectivity index (χ3v) is 5.76. The smallest absolute Gasteiger partial charge is 0.378 e. The molecule has 2 aromatic carbocycles. The van der Waals surface area contributed by atoms with Crippen LogP contribution in [0.25, 0.3) is 0 Å². The Morgan fingerprint density at radius 3 is 2.50 bits per heavy atom. The van der Waals surface area contributed by atoms with Gasteiger partial charge >= 0.3 is 6.18 Å². The molecule has 30 heavy (non-hydrogen) atoms. The van der Waals surface area contributed by atoms with Crippen LogP contribution in [0.1, 0.15) is 54.8 Å². The molecule has 0 bridgehead atoms. The fourth-order valence-electron chi connectivity index (χ4n) is 4.46. The van der Waals surface area contributed by atoms with Crippen molar-refractivity contribution in [2.45, 2.75) is 44.3 Å². The van der Waals surface area contributed by atoms with Crippen molar-refractivity contribution in [2.75, 3.05) is 18.4 Å². The van der Waals surface area contributed by atoms with Crippen molar-refractivity contribution in [1.82, 2.24) is 5.32 Å². The number of anilines is 1. The molecule has 0 saturated heterocycles. The van der Waals surface area contributed by atoms with Gasteiger partial charge in [0.15, 0.2) is 0 Å². The van der Waals surface area contributed by atoms with E-state index in [2.05, 4.69) is 22.8 Å². The summed E-state index contributed by atoms with van der Waals surface area (Å²) in [5, 5.41) is 6.03. The lowest BCUT2D eigenvalue weighted by molar-refractivity contribution is -0.137. The number of nitrogens with one attached hydrogen (secondary N) is 2. The number of amides is 1. The number of fused-ring (bicyclic) bond motifs is 3. The predicted molar refractivity (Wildman–Crippen MR) is 112 cm³/mol. The van der Waals surface area contributed by atoms with Gasteiger partial charge in [-0.15, -0.1) is 0 Å². The van der Waals surface area contributed by atoms with Crippen LogP contribution in [-0.4, -0.2) is 19.0 Å². The van der Waals surface area contributed by atoms with E-state index in [1.807, 2.05) is 18.2 Å². The minimum absolute atomic E-state index is 0.0227. The summed E-state index contributed by atoms with van der Waals surface area (Å²) < 4.78 is 39.1. The van der Waals surface area contributed by atoms with Gasteiger partial charge in [-0.05, 0) is 54.0 Å². The molecule has 7 heteroatoms. The Balaban J connectivity index is 0.000000318. The van der Waals surface area contributed by atoms with Crippen molar-refractivity contribution in [2.24, 2.45) is 11.7 Å². The van der Waals surface area contributed by atoms with Crippen LogP contribution in [0, 0.1) is 5.92 Å². The third-order valence-electron chi connectivity index (χ3n) is 5.76. The molecule has 3 atom stereocenters. The van der Waals surface area contributed by atoms with E-state index in [0.717, 1.165) is 30.5 Å². The zero-order chi connectivity index (χ0) is 21.7. The SMILES string of the molecule is CC(=O)NCCN.FC(F)(F)c1ccc2c(c1)C1CCCC1[C@H](c1ccccc1)N2. The maximum atomic E-state index is 13.0. The molecule has 162 valence electrons. The second kappa shape index (κ2) is 9.51. The Morgan fingerprint density at radius 1 is 1.17 bits per heavy atom. The number of nitrogens with two attached hydrogens (primary N) is 1. The number of hydrogen-bond acceptors (Lipinski definition) is 3. The number of halogens is 3. The Kier molecular flexibility index (Phi) is 7.02. The first kappa shape index (κ1) is 22.2. The van der Waals surface area contributed by atoms with Gasteiger partial charge in [0.1, 0.15) is 0 Å². The first-order valence-corrected chi connectivity index (χ1v) is 10.3. The summed E-state index contributed by atoms with van der Waals surface area (Å²) >= 11 is 0. The highest BCUT2D eigenvalue weighted by molar-refractivity contribution is 5.72. The Hall–Kier alpha value is -2.54. The second-order valence-corrected chi connectivity index (χ2v) is 7.81. The fraction of sp³-hybridized carbons (Fsp3) is 0.435. The number of carbonyl (C=O) groups excluding carboxylic acids is 1. The molecule has 0 aromatic heterocycles. The van der Waals surface area contributed by atoms with E-state index in [1.54, 1.807) is 6.07 Å². The van der Waals surface area contributed by atoms with Crippen LogP contribution in [0.4, 0.5) is 18.9 Å². The van der Waals surface area contributed by atoms with Gasteiger partial charge in [-0.3, -0.25) is 4.79 Å². The van der Waals surface area contributed by atoms with Crippen LogP contribution in [0.3, 0.4) is 0 Å². The lowest BCUT2D eigenvalue weighted by atomic mass is 9.77. The van der Waals surface area contributed by atoms with Gasteiger partial charge in [0.2, 0.25) is 5.91 Å². The number of rotatable bonds is 3. The van der Waals surface area contributed by atoms with Gasteiger partial charge < -0.3 is 16.4 Å². The summed E-state index contributed by atoms with van der Waals surface area (Å²) in [6.45, 7) is 2.56. The van der Waals surface area contributed by atoms with E-state index < -0.39 is 11.7 Å². The minimum Gasteiger partial charge on any atom is -0.378 e. The summed E-state index contributed by atoms with van der Waals surface area (Å²) in [6.07, 6.45) is -1.16. The molecule has 4 nitrogen and oxygen atoms in total. The Bertz CT molecular complexity index is 855. The summed E-state index contributed by atoms with van der Waals surface area (Å²) in [5.74, 6) is 0.567. The van der Waals surface area contributed by atoms with Crippen molar-refractivity contribution in [1.29, 1.82) is 0 Å². The average Bonchev–Trinajstić information content (AvgIpc) is 3.22. The number of hydrogen-bond donors (Lipinski definition) is 3. The third kappa shape index (κ3) is 5.14. The van der Waals surface area contributed by atoms with Gasteiger partial charge in [-0.2, -0.15) is 13.2 Å². The number of alkyl halides is 3. The van der Waals surface area contributed by atoms with Crippen molar-refractivity contribution >= 4 is 11.6 Å². The lowest BCUT2D eigenvalue weighted by Gasteiger charge is -2.38. The maximum absolute atomic E-state index is 13.0. The lowest BCUT2D eigenvalue weighted by Crippen LogP contribution is -2.29. The molecule has 1 saturated carbocycles. The fourth-order valence-corrected chi connectivity index (χ4v) is 4.46. The summed E-state index contributed by atoms with van der Waals surface area (Å²) in [6, 6.07) is 14.5. The number of benzene rings is 2. The molecule has 2 unspecified atom stereocenters. The van der Waals surface area contributed by atoms with Crippen LogP contribution < -0.4 is 16.4 Å². The molecule has 4 rings (SSSR count). The average molecular weight is 419 g/mol. The molecule has 2 aliphatic rings. The van der Waals surface area contributed by atoms with E-state index in [0.29, 0.717) is 19.0 Å². The van der Waals surface area contributed by atoms with Crippen molar-refractivity contribution < 1.29 is 18.0 Å². The van der Waals surface area contributed by atoms with Crippen LogP contribution in [0.2, 0.25) is 0 Å². The molecule has 1 aliphatic carbocycles. The zero-order valence-electron chi connectivity index (χ0n) is 17.0. The first-order valence-electron chi connectivity index (χ1n) is 10.3. The zero-order valence-corrected chi connectivity index (χ0v) is 17.0. The van der Waals surface area contributed by atoms with Gasteiger partial charge in [0, 0.05) is 25.7 Å². The standard InChI is InChI=1S/C19H18F3N.C4H10N2O/c20-19(21,22)13-9-10-17-16(11-13)14-7-4-8-15(14)18(23-17)12-5-2-1-3-6-12;1-4(7)6-3-2-5/h1-3,5-6,9-11,14-15,18,23H,4,7-8H2;2-3,5H2,1H3,(H,6,7)/t14?,15?,18-;/m0./s1. The van der Waals surface area contributed by atoms with E-state index in [-0.39, 0.29) is 17.9 Å². The molecule has 1 aliphatic heterocycles. The van der Waals surface area contributed by atoms with Crippen molar-refractivity contribution in [3.8, 4) is 0 Å². The van der Waals surface area contributed by atoms with Crippen LogP contribution in [0.5, 0.6) is 0 Å². The Morgan fingerprint density at radius 2 is 1.90 bits per heavy atom. The topological polar surface area (TPSA) is 67.2 Å². The minimum atomic E-state index is -4.28. The van der Waals surface area contributed by atoms with E-state index >= 15 is 0 Å². The van der Waals surface area contributed by atoms with Crippen LogP contribution in [-0.2, 0) is 11.0 Å².